The molecule has 1 nitrogen and oxygen atoms in total. The standard InChI is InChI=1S/C11H15N/c1-12(2)9-8-11(12)10-6-4-3-5-7-10/h3-7H,8-9H2,1-2H3. The van der Waals surface area contributed by atoms with Gasteiger partial charge in [0.05, 0.1) is 20.6 Å². The average molecular weight is 161 g/mol. The number of benzene rings is 1. The minimum atomic E-state index is 1.07. The van der Waals surface area contributed by atoms with Gasteiger partial charge in [0, 0.05) is 12.5 Å². The summed E-state index contributed by atoms with van der Waals surface area (Å²) in [5.74, 6) is 0. The fourth-order valence-corrected chi connectivity index (χ4v) is 1.80. The van der Waals surface area contributed by atoms with Crippen molar-refractivity contribution in [2.24, 2.45) is 0 Å². The Morgan fingerprint density at radius 2 is 1.83 bits per heavy atom. The van der Waals surface area contributed by atoms with E-state index in [2.05, 4.69) is 44.4 Å². The maximum Gasteiger partial charge on any atom is 0.0720 e. The first kappa shape index (κ1) is 7.69. The first-order valence-electron chi connectivity index (χ1n) is 4.45. The van der Waals surface area contributed by atoms with Crippen molar-refractivity contribution in [3.63, 3.8) is 0 Å². The Labute approximate surface area is 74.2 Å². The second-order valence-electron chi connectivity index (χ2n) is 3.97. The van der Waals surface area contributed by atoms with Crippen LogP contribution >= 0.6 is 0 Å². The second-order valence-corrected chi connectivity index (χ2v) is 3.97. The van der Waals surface area contributed by atoms with E-state index in [1.165, 1.54) is 18.5 Å². The predicted octanol–water partition coefficient (Wildman–Crippen LogP) is 2.05. The summed E-state index contributed by atoms with van der Waals surface area (Å²) in [4.78, 5) is 0. The molecule has 0 radical (unpaired) electrons. The van der Waals surface area contributed by atoms with Crippen LogP contribution in [0.4, 0.5) is 0 Å². The van der Waals surface area contributed by atoms with Gasteiger partial charge < -0.3 is 4.48 Å². The number of likely N-dealkylation sites (tertiary alicyclic amines) is 1. The van der Waals surface area contributed by atoms with E-state index >= 15 is 0 Å². The van der Waals surface area contributed by atoms with Gasteiger partial charge in [-0.25, -0.2) is 0 Å². The molecule has 12 heavy (non-hydrogen) atoms. The van der Waals surface area contributed by atoms with E-state index in [1.807, 2.05) is 0 Å². The van der Waals surface area contributed by atoms with Crippen LogP contribution in [0.15, 0.2) is 30.3 Å². The van der Waals surface area contributed by atoms with Crippen LogP contribution in [0.1, 0.15) is 12.0 Å². The van der Waals surface area contributed by atoms with Crippen LogP contribution in [0.2, 0.25) is 0 Å². The van der Waals surface area contributed by atoms with E-state index in [-0.39, 0.29) is 0 Å². The van der Waals surface area contributed by atoms with Crippen LogP contribution in [0, 0.1) is 6.04 Å². The van der Waals surface area contributed by atoms with Crippen molar-refractivity contribution in [3.05, 3.63) is 41.9 Å². The number of rotatable bonds is 1. The molecule has 0 N–H and O–H groups in total. The summed E-state index contributed by atoms with van der Waals surface area (Å²) in [5.41, 5.74) is 1.41. The molecule has 0 atom stereocenters. The highest BCUT2D eigenvalue weighted by Crippen LogP contribution is 2.36. The van der Waals surface area contributed by atoms with Gasteiger partial charge in [-0.05, 0) is 0 Å². The fourth-order valence-electron chi connectivity index (χ4n) is 1.80. The highest BCUT2D eigenvalue weighted by Gasteiger charge is 2.33. The molecule has 1 heteroatoms. The quantitative estimate of drug-likeness (QED) is 0.437. The third-order valence-electron chi connectivity index (χ3n) is 2.75. The molecule has 0 unspecified atom stereocenters. The average Bonchev–Trinajstić information content (AvgIpc) is 2.05. The Morgan fingerprint density at radius 1 is 1.17 bits per heavy atom. The molecule has 0 aliphatic carbocycles. The summed E-state index contributed by atoms with van der Waals surface area (Å²) >= 11 is 0. The minimum absolute atomic E-state index is 1.07. The molecule has 1 fully saturated rings. The van der Waals surface area contributed by atoms with E-state index < -0.39 is 0 Å². The van der Waals surface area contributed by atoms with Gasteiger partial charge in [0.15, 0.2) is 0 Å². The van der Waals surface area contributed by atoms with Crippen LogP contribution in [0.25, 0.3) is 0 Å². The molecule has 0 saturated carbocycles. The van der Waals surface area contributed by atoms with Gasteiger partial charge >= 0.3 is 0 Å². The molecule has 1 heterocycles. The van der Waals surface area contributed by atoms with E-state index in [9.17, 15) is 0 Å². The monoisotopic (exact) mass is 161 g/mol. The van der Waals surface area contributed by atoms with Gasteiger partial charge in [0.1, 0.15) is 0 Å². The van der Waals surface area contributed by atoms with Gasteiger partial charge in [-0.1, -0.05) is 6.07 Å². The first-order valence-corrected chi connectivity index (χ1v) is 4.45. The summed E-state index contributed by atoms with van der Waals surface area (Å²) in [6, 6.07) is 12.3. The molecule has 0 spiro atoms. The van der Waals surface area contributed by atoms with E-state index in [0.717, 1.165) is 4.48 Å². The Morgan fingerprint density at radius 3 is 2.25 bits per heavy atom. The summed E-state index contributed by atoms with van der Waals surface area (Å²) in [6.07, 6.45) is 1.26. The lowest BCUT2D eigenvalue weighted by Crippen LogP contribution is -2.54. The lowest BCUT2D eigenvalue weighted by molar-refractivity contribution is -0.910. The number of nitrogens with zero attached hydrogens (tertiary/aromatic N) is 1. The maximum absolute atomic E-state index is 2.27. The summed E-state index contributed by atoms with van der Waals surface area (Å²) in [7, 11) is 4.54. The summed E-state index contributed by atoms with van der Waals surface area (Å²) < 4.78 is 1.07. The van der Waals surface area contributed by atoms with Crippen LogP contribution in [0.5, 0.6) is 0 Å². The molecule has 1 aliphatic heterocycles. The van der Waals surface area contributed by atoms with E-state index in [1.54, 1.807) is 6.04 Å². The Balaban J connectivity index is 2.22. The molecule has 1 aromatic carbocycles. The molecule has 1 aromatic rings. The smallest absolute Gasteiger partial charge is 0.0720 e. The predicted molar refractivity (Wildman–Crippen MR) is 50.4 cm³/mol. The summed E-state index contributed by atoms with van der Waals surface area (Å²) in [5, 5.41) is 0. The zero-order valence-electron chi connectivity index (χ0n) is 7.75. The third-order valence-corrected chi connectivity index (χ3v) is 2.75. The Bertz CT molecular complexity index is 264. The topological polar surface area (TPSA) is 0 Å². The molecule has 2 rings (SSSR count). The lowest BCUT2D eigenvalue weighted by atomic mass is 9.93. The van der Waals surface area contributed by atoms with Crippen molar-refractivity contribution in [1.29, 1.82) is 0 Å². The number of hydrogen-bond donors (Lipinski definition) is 0. The fraction of sp³-hybridized carbons (Fsp3) is 0.364. The molecule has 64 valence electrons. The minimum Gasteiger partial charge on any atom is -0.348 e. The SMILES string of the molecule is C[N+]1(C)CC[C-]1c1ccccc1. The molecule has 0 aromatic heterocycles. The van der Waals surface area contributed by atoms with Gasteiger partial charge in [0.2, 0.25) is 0 Å². The van der Waals surface area contributed by atoms with Crippen molar-refractivity contribution < 1.29 is 4.48 Å². The molecular formula is C11H15N. The second kappa shape index (κ2) is 2.53. The molecule has 0 bridgehead atoms. The zero-order valence-corrected chi connectivity index (χ0v) is 7.75. The van der Waals surface area contributed by atoms with Crippen molar-refractivity contribution in [2.45, 2.75) is 6.42 Å². The van der Waals surface area contributed by atoms with E-state index in [4.69, 9.17) is 0 Å². The number of quaternary nitrogens is 1. The molecule has 1 aliphatic rings. The van der Waals surface area contributed by atoms with Crippen molar-refractivity contribution in [1.82, 2.24) is 0 Å². The molecule has 1 saturated heterocycles. The van der Waals surface area contributed by atoms with Gasteiger partial charge in [-0.15, -0.1) is 17.7 Å². The van der Waals surface area contributed by atoms with Crippen LogP contribution < -0.4 is 0 Å². The molecular weight excluding hydrogens is 146 g/mol. The third kappa shape index (κ3) is 1.10. The maximum atomic E-state index is 2.27. The molecule has 0 amide bonds. The largest absolute Gasteiger partial charge is 0.348 e. The van der Waals surface area contributed by atoms with Crippen molar-refractivity contribution in [3.8, 4) is 0 Å². The van der Waals surface area contributed by atoms with E-state index in [0.29, 0.717) is 0 Å². The number of hydrogen-bond acceptors (Lipinski definition) is 0. The van der Waals surface area contributed by atoms with Crippen molar-refractivity contribution >= 4 is 0 Å². The Hall–Kier alpha value is -0.950. The van der Waals surface area contributed by atoms with Crippen LogP contribution in [-0.2, 0) is 0 Å². The highest BCUT2D eigenvalue weighted by molar-refractivity contribution is 5.28. The zero-order chi connectivity index (χ0) is 8.60. The first-order chi connectivity index (χ1) is 5.70. The Kier molecular flexibility index (Phi) is 1.62. The highest BCUT2D eigenvalue weighted by atomic mass is 15.4. The van der Waals surface area contributed by atoms with Gasteiger partial charge in [-0.2, -0.15) is 12.1 Å². The van der Waals surface area contributed by atoms with Crippen LogP contribution in [0.3, 0.4) is 0 Å². The lowest BCUT2D eigenvalue weighted by Gasteiger charge is -2.51. The normalized spacial score (nSPS) is 20.3. The van der Waals surface area contributed by atoms with Crippen LogP contribution in [-0.4, -0.2) is 25.1 Å². The van der Waals surface area contributed by atoms with Gasteiger partial charge in [0.25, 0.3) is 0 Å². The van der Waals surface area contributed by atoms with Gasteiger partial charge in [-0.3, -0.25) is 0 Å². The summed E-state index contributed by atoms with van der Waals surface area (Å²) in [6.45, 7) is 1.28. The van der Waals surface area contributed by atoms with Crippen molar-refractivity contribution in [2.75, 3.05) is 20.6 Å².